The first-order valence-electron chi connectivity index (χ1n) is 6.03. The van der Waals surface area contributed by atoms with Crippen LogP contribution >= 0.6 is 0 Å². The van der Waals surface area contributed by atoms with E-state index in [2.05, 4.69) is 27.6 Å². The van der Waals surface area contributed by atoms with Gasteiger partial charge in [-0.25, -0.2) is 0 Å². The van der Waals surface area contributed by atoms with E-state index in [1.807, 2.05) is 26.0 Å². The normalized spacial score (nSPS) is 10.6. The molecule has 1 heterocycles. The Morgan fingerprint density at radius 3 is 2.72 bits per heavy atom. The zero-order valence-electron chi connectivity index (χ0n) is 11.1. The maximum absolute atomic E-state index is 5.19. The van der Waals surface area contributed by atoms with E-state index in [-0.39, 0.29) is 0 Å². The van der Waals surface area contributed by atoms with Gasteiger partial charge in [0.25, 0.3) is 0 Å². The first kappa shape index (κ1) is 12.6. The SMILES string of the molecule is COCc1ccccc1NCc1c(C)n[nH]c1C. The second kappa shape index (κ2) is 5.69. The molecule has 0 unspecified atom stereocenters. The fraction of sp³-hybridized carbons (Fsp3) is 0.357. The zero-order chi connectivity index (χ0) is 13.0. The Morgan fingerprint density at radius 1 is 1.28 bits per heavy atom. The number of rotatable bonds is 5. The summed E-state index contributed by atoms with van der Waals surface area (Å²) in [6, 6.07) is 8.18. The Kier molecular flexibility index (Phi) is 3.99. The Hall–Kier alpha value is -1.81. The summed E-state index contributed by atoms with van der Waals surface area (Å²) >= 11 is 0. The number of aryl methyl sites for hydroxylation is 2. The van der Waals surface area contributed by atoms with Gasteiger partial charge in [0.05, 0.1) is 12.3 Å². The molecule has 0 aliphatic rings. The van der Waals surface area contributed by atoms with Crippen molar-refractivity contribution < 1.29 is 4.74 Å². The Bertz CT molecular complexity index is 500. The summed E-state index contributed by atoms with van der Waals surface area (Å²) in [7, 11) is 1.71. The van der Waals surface area contributed by atoms with E-state index in [9.17, 15) is 0 Å². The van der Waals surface area contributed by atoms with Crippen LogP contribution in [-0.2, 0) is 17.9 Å². The molecule has 2 rings (SSSR count). The Balaban J connectivity index is 2.11. The number of hydrogen-bond acceptors (Lipinski definition) is 3. The summed E-state index contributed by atoms with van der Waals surface area (Å²) in [6.07, 6.45) is 0. The molecule has 0 amide bonds. The zero-order valence-corrected chi connectivity index (χ0v) is 11.1. The van der Waals surface area contributed by atoms with E-state index in [0.29, 0.717) is 6.61 Å². The predicted molar refractivity (Wildman–Crippen MR) is 72.5 cm³/mol. The van der Waals surface area contributed by atoms with Gasteiger partial charge in [0.15, 0.2) is 0 Å². The maximum atomic E-state index is 5.19. The molecule has 0 spiro atoms. The average Bonchev–Trinajstić information content (AvgIpc) is 2.69. The van der Waals surface area contributed by atoms with Gasteiger partial charge in [0.1, 0.15) is 0 Å². The highest BCUT2D eigenvalue weighted by Crippen LogP contribution is 2.18. The molecular formula is C14H19N3O. The minimum absolute atomic E-state index is 0.618. The summed E-state index contributed by atoms with van der Waals surface area (Å²) in [5.41, 5.74) is 5.66. The molecular weight excluding hydrogens is 226 g/mol. The van der Waals surface area contributed by atoms with Gasteiger partial charge in [-0.1, -0.05) is 18.2 Å². The molecule has 96 valence electrons. The van der Waals surface area contributed by atoms with Crippen molar-refractivity contribution in [2.75, 3.05) is 12.4 Å². The van der Waals surface area contributed by atoms with E-state index in [1.54, 1.807) is 7.11 Å². The minimum Gasteiger partial charge on any atom is -0.381 e. The van der Waals surface area contributed by atoms with Gasteiger partial charge in [-0.3, -0.25) is 5.10 Å². The van der Waals surface area contributed by atoms with Crippen molar-refractivity contribution in [3.8, 4) is 0 Å². The summed E-state index contributed by atoms with van der Waals surface area (Å²) in [5.74, 6) is 0. The summed E-state index contributed by atoms with van der Waals surface area (Å²) < 4.78 is 5.19. The van der Waals surface area contributed by atoms with Crippen molar-refractivity contribution in [2.45, 2.75) is 27.0 Å². The predicted octanol–water partition coefficient (Wildman–Crippen LogP) is 2.79. The molecule has 0 aliphatic heterocycles. The molecule has 0 atom stereocenters. The molecule has 0 radical (unpaired) electrons. The van der Waals surface area contributed by atoms with Gasteiger partial charge < -0.3 is 10.1 Å². The van der Waals surface area contributed by atoms with Gasteiger partial charge in [-0.15, -0.1) is 0 Å². The van der Waals surface area contributed by atoms with E-state index >= 15 is 0 Å². The lowest BCUT2D eigenvalue weighted by Crippen LogP contribution is -2.04. The number of aromatic nitrogens is 2. The molecule has 1 aromatic heterocycles. The van der Waals surface area contributed by atoms with Crippen LogP contribution in [0.3, 0.4) is 0 Å². The third-order valence-corrected chi connectivity index (χ3v) is 3.05. The second-order valence-electron chi connectivity index (χ2n) is 4.36. The van der Waals surface area contributed by atoms with Crippen LogP contribution in [0.2, 0.25) is 0 Å². The number of methoxy groups -OCH3 is 1. The Labute approximate surface area is 107 Å². The highest BCUT2D eigenvalue weighted by Gasteiger charge is 2.07. The first-order chi connectivity index (χ1) is 8.72. The molecule has 2 N–H and O–H groups in total. The quantitative estimate of drug-likeness (QED) is 0.851. The number of ether oxygens (including phenoxy) is 1. The molecule has 0 saturated heterocycles. The fourth-order valence-electron chi connectivity index (χ4n) is 1.99. The van der Waals surface area contributed by atoms with Gasteiger partial charge >= 0.3 is 0 Å². The molecule has 0 aliphatic carbocycles. The summed E-state index contributed by atoms with van der Waals surface area (Å²) in [5, 5.41) is 10.6. The van der Waals surface area contributed by atoms with Gasteiger partial charge in [-0.05, 0) is 19.9 Å². The van der Waals surface area contributed by atoms with Crippen molar-refractivity contribution in [3.05, 3.63) is 46.8 Å². The van der Waals surface area contributed by atoms with Crippen LogP contribution < -0.4 is 5.32 Å². The third kappa shape index (κ3) is 2.71. The maximum Gasteiger partial charge on any atom is 0.0733 e. The van der Waals surface area contributed by atoms with Crippen molar-refractivity contribution in [3.63, 3.8) is 0 Å². The minimum atomic E-state index is 0.618. The largest absolute Gasteiger partial charge is 0.381 e. The van der Waals surface area contributed by atoms with Crippen LogP contribution in [-0.4, -0.2) is 17.3 Å². The monoisotopic (exact) mass is 245 g/mol. The van der Waals surface area contributed by atoms with E-state index in [1.165, 1.54) is 11.1 Å². The lowest BCUT2D eigenvalue weighted by molar-refractivity contribution is 0.185. The van der Waals surface area contributed by atoms with Crippen LogP contribution in [0.4, 0.5) is 5.69 Å². The lowest BCUT2D eigenvalue weighted by atomic mass is 10.1. The van der Waals surface area contributed by atoms with Crippen LogP contribution in [0.5, 0.6) is 0 Å². The second-order valence-corrected chi connectivity index (χ2v) is 4.36. The van der Waals surface area contributed by atoms with Crippen molar-refractivity contribution in [2.24, 2.45) is 0 Å². The van der Waals surface area contributed by atoms with Crippen molar-refractivity contribution in [1.29, 1.82) is 0 Å². The van der Waals surface area contributed by atoms with E-state index in [0.717, 1.165) is 23.6 Å². The summed E-state index contributed by atoms with van der Waals surface area (Å²) in [4.78, 5) is 0. The molecule has 0 saturated carbocycles. The van der Waals surface area contributed by atoms with Crippen LogP contribution in [0, 0.1) is 13.8 Å². The van der Waals surface area contributed by atoms with Crippen LogP contribution in [0.25, 0.3) is 0 Å². The Morgan fingerprint density at radius 2 is 2.06 bits per heavy atom. The highest BCUT2D eigenvalue weighted by molar-refractivity contribution is 5.51. The topological polar surface area (TPSA) is 49.9 Å². The van der Waals surface area contributed by atoms with E-state index in [4.69, 9.17) is 4.74 Å². The fourth-order valence-corrected chi connectivity index (χ4v) is 1.99. The first-order valence-corrected chi connectivity index (χ1v) is 6.03. The number of nitrogens with zero attached hydrogens (tertiary/aromatic N) is 1. The number of benzene rings is 1. The van der Waals surface area contributed by atoms with Gasteiger partial charge in [0.2, 0.25) is 0 Å². The van der Waals surface area contributed by atoms with Gasteiger partial charge in [0, 0.05) is 36.2 Å². The third-order valence-electron chi connectivity index (χ3n) is 3.05. The standard InChI is InChI=1S/C14H19N3O/c1-10-13(11(2)17-16-10)8-15-14-7-5-4-6-12(14)9-18-3/h4-7,15H,8-9H2,1-3H3,(H,16,17). The molecule has 1 aromatic carbocycles. The number of hydrogen-bond donors (Lipinski definition) is 2. The molecule has 18 heavy (non-hydrogen) atoms. The van der Waals surface area contributed by atoms with Crippen LogP contribution in [0.1, 0.15) is 22.5 Å². The molecule has 0 bridgehead atoms. The van der Waals surface area contributed by atoms with Crippen molar-refractivity contribution >= 4 is 5.69 Å². The number of para-hydroxylation sites is 1. The average molecular weight is 245 g/mol. The molecule has 4 heteroatoms. The van der Waals surface area contributed by atoms with Gasteiger partial charge in [-0.2, -0.15) is 5.10 Å². The number of aromatic amines is 1. The van der Waals surface area contributed by atoms with E-state index < -0.39 is 0 Å². The number of H-pyrrole nitrogens is 1. The van der Waals surface area contributed by atoms with Crippen LogP contribution in [0.15, 0.2) is 24.3 Å². The molecule has 2 aromatic rings. The highest BCUT2D eigenvalue weighted by atomic mass is 16.5. The lowest BCUT2D eigenvalue weighted by Gasteiger charge is -2.11. The number of nitrogens with one attached hydrogen (secondary N) is 2. The number of anilines is 1. The summed E-state index contributed by atoms with van der Waals surface area (Å²) in [6.45, 7) is 5.45. The molecule has 4 nitrogen and oxygen atoms in total. The molecule has 0 fully saturated rings. The van der Waals surface area contributed by atoms with Crippen molar-refractivity contribution in [1.82, 2.24) is 10.2 Å². The smallest absolute Gasteiger partial charge is 0.0733 e.